The van der Waals surface area contributed by atoms with E-state index >= 15 is 0 Å². The van der Waals surface area contributed by atoms with Gasteiger partial charge >= 0.3 is 6.61 Å². The fourth-order valence-corrected chi connectivity index (χ4v) is 2.01. The van der Waals surface area contributed by atoms with Gasteiger partial charge in [0.25, 0.3) is 0 Å². The van der Waals surface area contributed by atoms with Crippen LogP contribution in [0.3, 0.4) is 0 Å². The maximum absolute atomic E-state index is 12.0. The van der Waals surface area contributed by atoms with Gasteiger partial charge in [0.2, 0.25) is 0 Å². The molecule has 1 rings (SSSR count). The van der Waals surface area contributed by atoms with Gasteiger partial charge in [0.05, 0.1) is 6.61 Å². The Labute approximate surface area is 119 Å². The van der Waals surface area contributed by atoms with Crippen molar-refractivity contribution in [1.82, 2.24) is 5.32 Å². The van der Waals surface area contributed by atoms with E-state index in [1.807, 2.05) is 6.92 Å². The zero-order chi connectivity index (χ0) is 15.0. The van der Waals surface area contributed by atoms with Gasteiger partial charge in [-0.05, 0) is 43.9 Å². The fourth-order valence-electron chi connectivity index (χ4n) is 2.01. The molecule has 2 unspecified atom stereocenters. The van der Waals surface area contributed by atoms with Gasteiger partial charge < -0.3 is 15.2 Å². The SMILES string of the molecule is CCC(CO)NC(C)CCc1ccc(OC(F)F)cc1. The summed E-state index contributed by atoms with van der Waals surface area (Å²) in [5, 5.41) is 12.5. The van der Waals surface area contributed by atoms with Crippen LogP contribution in [0.4, 0.5) is 8.78 Å². The van der Waals surface area contributed by atoms with Crippen LogP contribution >= 0.6 is 0 Å². The van der Waals surface area contributed by atoms with E-state index < -0.39 is 6.61 Å². The molecule has 0 aliphatic carbocycles. The average Bonchev–Trinajstić information content (AvgIpc) is 2.43. The maximum atomic E-state index is 12.0. The van der Waals surface area contributed by atoms with Gasteiger partial charge in [0, 0.05) is 12.1 Å². The first kappa shape index (κ1) is 16.9. The zero-order valence-electron chi connectivity index (χ0n) is 12.0. The number of aryl methyl sites for hydroxylation is 1. The highest BCUT2D eigenvalue weighted by Crippen LogP contribution is 2.16. The number of hydrogen-bond acceptors (Lipinski definition) is 3. The molecule has 1 aromatic carbocycles. The summed E-state index contributed by atoms with van der Waals surface area (Å²) < 4.78 is 28.3. The van der Waals surface area contributed by atoms with Gasteiger partial charge in [-0.15, -0.1) is 0 Å². The van der Waals surface area contributed by atoms with Crippen LogP contribution in [-0.4, -0.2) is 30.4 Å². The molecule has 20 heavy (non-hydrogen) atoms. The van der Waals surface area contributed by atoms with E-state index in [1.165, 1.54) is 0 Å². The van der Waals surface area contributed by atoms with Crippen LogP contribution in [0.5, 0.6) is 5.75 Å². The third-order valence-electron chi connectivity index (χ3n) is 3.25. The van der Waals surface area contributed by atoms with Crippen LogP contribution in [0.2, 0.25) is 0 Å². The fraction of sp³-hybridized carbons (Fsp3) is 0.600. The summed E-state index contributed by atoms with van der Waals surface area (Å²) in [7, 11) is 0. The number of halogens is 2. The van der Waals surface area contributed by atoms with Crippen LogP contribution in [0.15, 0.2) is 24.3 Å². The second-order valence-corrected chi connectivity index (χ2v) is 4.92. The van der Waals surface area contributed by atoms with Crippen LogP contribution in [-0.2, 0) is 6.42 Å². The molecule has 0 aromatic heterocycles. The second kappa shape index (κ2) is 8.87. The van der Waals surface area contributed by atoms with Crippen molar-refractivity contribution < 1.29 is 18.6 Å². The number of ether oxygens (including phenoxy) is 1. The molecule has 0 bridgehead atoms. The summed E-state index contributed by atoms with van der Waals surface area (Å²) >= 11 is 0. The van der Waals surface area contributed by atoms with Crippen molar-refractivity contribution in [1.29, 1.82) is 0 Å². The third-order valence-corrected chi connectivity index (χ3v) is 3.25. The van der Waals surface area contributed by atoms with Crippen molar-refractivity contribution in [2.75, 3.05) is 6.61 Å². The van der Waals surface area contributed by atoms with Crippen molar-refractivity contribution in [3.05, 3.63) is 29.8 Å². The standard InChI is InChI=1S/C15H23F2NO2/c1-3-13(10-19)18-11(2)4-5-12-6-8-14(9-7-12)20-15(16)17/h6-9,11,13,15,18-19H,3-5,10H2,1-2H3. The Hall–Kier alpha value is -1.20. The molecule has 0 aliphatic heterocycles. The second-order valence-electron chi connectivity index (χ2n) is 4.92. The summed E-state index contributed by atoms with van der Waals surface area (Å²) in [6.45, 7) is 1.46. The Morgan fingerprint density at radius 2 is 1.90 bits per heavy atom. The first-order valence-electron chi connectivity index (χ1n) is 6.95. The van der Waals surface area contributed by atoms with E-state index in [4.69, 9.17) is 5.11 Å². The molecule has 0 spiro atoms. The number of aliphatic hydroxyl groups excluding tert-OH is 1. The quantitative estimate of drug-likeness (QED) is 0.733. The minimum atomic E-state index is -2.78. The van der Waals surface area contributed by atoms with E-state index in [1.54, 1.807) is 24.3 Å². The lowest BCUT2D eigenvalue weighted by molar-refractivity contribution is -0.0498. The van der Waals surface area contributed by atoms with E-state index in [0.29, 0.717) is 6.04 Å². The minimum Gasteiger partial charge on any atom is -0.435 e. The topological polar surface area (TPSA) is 41.5 Å². The summed E-state index contributed by atoms with van der Waals surface area (Å²) in [6, 6.07) is 7.14. The molecule has 0 heterocycles. The van der Waals surface area contributed by atoms with Gasteiger partial charge in [-0.2, -0.15) is 8.78 Å². The molecule has 0 amide bonds. The molecule has 2 atom stereocenters. The van der Waals surface area contributed by atoms with E-state index in [-0.39, 0.29) is 18.4 Å². The summed E-state index contributed by atoms with van der Waals surface area (Å²) in [5.41, 5.74) is 1.08. The van der Waals surface area contributed by atoms with Gasteiger partial charge in [0.1, 0.15) is 5.75 Å². The first-order chi connectivity index (χ1) is 9.55. The minimum absolute atomic E-state index is 0.131. The Bertz CT molecular complexity index is 367. The Kier molecular flexibility index (Phi) is 7.47. The number of aliphatic hydroxyl groups is 1. The van der Waals surface area contributed by atoms with Crippen molar-refractivity contribution in [3.8, 4) is 5.75 Å². The molecule has 3 nitrogen and oxygen atoms in total. The Balaban J connectivity index is 2.37. The summed E-state index contributed by atoms with van der Waals surface area (Å²) in [6.07, 6.45) is 2.66. The van der Waals surface area contributed by atoms with Crippen LogP contribution in [0.25, 0.3) is 0 Å². The van der Waals surface area contributed by atoms with Crippen molar-refractivity contribution >= 4 is 0 Å². The molecule has 114 valence electrons. The lowest BCUT2D eigenvalue weighted by Gasteiger charge is -2.20. The number of hydrogen-bond donors (Lipinski definition) is 2. The van der Waals surface area contributed by atoms with E-state index in [2.05, 4.69) is 17.0 Å². The van der Waals surface area contributed by atoms with Crippen LogP contribution < -0.4 is 10.1 Å². The molecular formula is C15H23F2NO2. The monoisotopic (exact) mass is 287 g/mol. The number of alkyl halides is 2. The van der Waals surface area contributed by atoms with Gasteiger partial charge in [-0.3, -0.25) is 0 Å². The number of nitrogens with one attached hydrogen (secondary N) is 1. The van der Waals surface area contributed by atoms with Crippen molar-refractivity contribution in [3.63, 3.8) is 0 Å². The lowest BCUT2D eigenvalue weighted by atomic mass is 10.0. The lowest BCUT2D eigenvalue weighted by Crippen LogP contribution is -2.38. The Morgan fingerprint density at radius 1 is 1.25 bits per heavy atom. The molecule has 5 heteroatoms. The van der Waals surface area contributed by atoms with Gasteiger partial charge in [0.15, 0.2) is 0 Å². The van der Waals surface area contributed by atoms with Gasteiger partial charge in [-0.1, -0.05) is 19.1 Å². The molecule has 1 aromatic rings. The van der Waals surface area contributed by atoms with Crippen molar-refractivity contribution in [2.24, 2.45) is 0 Å². The molecule has 0 aliphatic rings. The molecular weight excluding hydrogens is 264 g/mol. The normalized spacial score (nSPS) is 14.3. The van der Waals surface area contributed by atoms with Gasteiger partial charge in [-0.25, -0.2) is 0 Å². The molecule has 0 fully saturated rings. The molecule has 0 saturated heterocycles. The predicted octanol–water partition coefficient (Wildman–Crippen LogP) is 2.97. The number of rotatable bonds is 9. The predicted molar refractivity (Wildman–Crippen MR) is 75.2 cm³/mol. The average molecular weight is 287 g/mol. The van der Waals surface area contributed by atoms with Crippen LogP contribution in [0.1, 0.15) is 32.3 Å². The zero-order valence-corrected chi connectivity index (χ0v) is 12.0. The first-order valence-corrected chi connectivity index (χ1v) is 6.95. The van der Waals surface area contributed by atoms with E-state index in [0.717, 1.165) is 24.8 Å². The molecule has 2 N–H and O–H groups in total. The van der Waals surface area contributed by atoms with Crippen LogP contribution in [0, 0.1) is 0 Å². The molecule has 0 radical (unpaired) electrons. The largest absolute Gasteiger partial charge is 0.435 e. The maximum Gasteiger partial charge on any atom is 0.387 e. The highest BCUT2D eigenvalue weighted by molar-refractivity contribution is 5.27. The van der Waals surface area contributed by atoms with E-state index in [9.17, 15) is 8.78 Å². The summed E-state index contributed by atoms with van der Waals surface area (Å²) in [5.74, 6) is 0.182. The third kappa shape index (κ3) is 6.30. The highest BCUT2D eigenvalue weighted by atomic mass is 19.3. The van der Waals surface area contributed by atoms with Crippen molar-refractivity contribution in [2.45, 2.75) is 51.8 Å². The summed E-state index contributed by atoms with van der Waals surface area (Å²) in [4.78, 5) is 0. The number of benzene rings is 1. The smallest absolute Gasteiger partial charge is 0.387 e. The molecule has 0 saturated carbocycles. The highest BCUT2D eigenvalue weighted by Gasteiger charge is 2.09. The Morgan fingerprint density at radius 3 is 2.40 bits per heavy atom.